The number of hydrazine groups is 1. The molecule has 2 aromatic heterocycles. The van der Waals surface area contributed by atoms with Crippen LogP contribution in [-0.2, 0) is 6.18 Å². The zero-order chi connectivity index (χ0) is 21.0. The van der Waals surface area contributed by atoms with Gasteiger partial charge in [-0.2, -0.15) is 24.9 Å². The first-order valence-corrected chi connectivity index (χ1v) is 11.5. The summed E-state index contributed by atoms with van der Waals surface area (Å²) in [5.41, 5.74) is 5.41. The normalized spacial score (nSPS) is 29.5. The number of hydrogen-bond donors (Lipinski definition) is 2. The Balaban J connectivity index is 1.43. The van der Waals surface area contributed by atoms with Crippen LogP contribution < -0.4 is 16.5 Å². The van der Waals surface area contributed by atoms with Crippen molar-refractivity contribution in [1.29, 1.82) is 0 Å². The van der Waals surface area contributed by atoms with Gasteiger partial charge in [-0.05, 0) is 31.5 Å². The summed E-state index contributed by atoms with van der Waals surface area (Å²) in [6.07, 6.45) is 3.09. The Morgan fingerprint density at radius 3 is 2.73 bits per heavy atom. The Kier molecular flexibility index (Phi) is 5.16. The molecule has 0 spiro atoms. The number of halogens is 3. The standard InChI is InChI=1S/C20H26F3N5OS/c1-26-11-24-25-18(26)17(12-4-2-5-12)16-8-13(10-30-16)28-9-15-14(20(21,22)23)6-3-7-27(15)19(28)29/h3,6-7,9,12-13,16-18,24-25H,2,4-5,8,10-11H2,1H3/t13?,16?,17-,18?/m0/s1. The molecule has 6 nitrogen and oxygen atoms in total. The Labute approximate surface area is 176 Å². The molecule has 4 heterocycles. The number of alkyl halides is 3. The predicted octanol–water partition coefficient (Wildman–Crippen LogP) is 2.91. The molecule has 10 heteroatoms. The molecule has 0 amide bonds. The fourth-order valence-electron chi connectivity index (χ4n) is 5.20. The molecule has 0 radical (unpaired) electrons. The average molecular weight is 442 g/mol. The fraction of sp³-hybridized carbons (Fsp3) is 0.650. The van der Waals surface area contributed by atoms with Gasteiger partial charge >= 0.3 is 11.9 Å². The minimum atomic E-state index is -4.49. The lowest BCUT2D eigenvalue weighted by atomic mass is 9.72. The molecule has 0 bridgehead atoms. The molecule has 164 valence electrons. The lowest BCUT2D eigenvalue weighted by Gasteiger charge is -2.42. The van der Waals surface area contributed by atoms with E-state index in [2.05, 4.69) is 22.8 Å². The van der Waals surface area contributed by atoms with Gasteiger partial charge in [0.25, 0.3) is 0 Å². The summed E-state index contributed by atoms with van der Waals surface area (Å²) >= 11 is 1.86. The van der Waals surface area contributed by atoms with Crippen LogP contribution in [0.2, 0.25) is 0 Å². The summed E-state index contributed by atoms with van der Waals surface area (Å²) < 4.78 is 42.9. The zero-order valence-electron chi connectivity index (χ0n) is 16.7. The highest BCUT2D eigenvalue weighted by Gasteiger charge is 2.45. The van der Waals surface area contributed by atoms with Crippen molar-refractivity contribution >= 4 is 17.3 Å². The van der Waals surface area contributed by atoms with Gasteiger partial charge in [-0.15, -0.1) is 0 Å². The molecule has 30 heavy (non-hydrogen) atoms. The van der Waals surface area contributed by atoms with E-state index in [-0.39, 0.29) is 23.4 Å². The first-order valence-electron chi connectivity index (χ1n) is 10.4. The molecule has 4 atom stereocenters. The second-order valence-electron chi connectivity index (χ2n) is 8.70. The van der Waals surface area contributed by atoms with E-state index >= 15 is 0 Å². The zero-order valence-corrected chi connectivity index (χ0v) is 17.5. The van der Waals surface area contributed by atoms with Gasteiger partial charge in [0.1, 0.15) is 0 Å². The monoisotopic (exact) mass is 441 g/mol. The second-order valence-corrected chi connectivity index (χ2v) is 9.98. The van der Waals surface area contributed by atoms with Crippen molar-refractivity contribution in [1.82, 2.24) is 24.7 Å². The SMILES string of the molecule is CN1CNNC1[C@@H](C1CCC1)C1CC(n2cc3c(C(F)(F)F)cccn3c2=O)CS1. The van der Waals surface area contributed by atoms with E-state index in [0.717, 1.165) is 29.3 Å². The summed E-state index contributed by atoms with van der Waals surface area (Å²) in [7, 11) is 2.10. The summed E-state index contributed by atoms with van der Waals surface area (Å²) in [6, 6.07) is 2.23. The number of pyridine rings is 1. The third-order valence-corrected chi connectivity index (χ3v) is 8.48. The fourth-order valence-corrected chi connectivity index (χ4v) is 6.91. The van der Waals surface area contributed by atoms with Crippen LogP contribution in [0, 0.1) is 11.8 Å². The van der Waals surface area contributed by atoms with Crippen molar-refractivity contribution in [2.24, 2.45) is 11.8 Å². The van der Waals surface area contributed by atoms with Crippen LogP contribution in [-0.4, -0.2) is 44.8 Å². The van der Waals surface area contributed by atoms with E-state index in [1.165, 1.54) is 42.3 Å². The molecule has 2 N–H and O–H groups in total. The van der Waals surface area contributed by atoms with Gasteiger partial charge in [-0.3, -0.25) is 13.9 Å². The maximum Gasteiger partial charge on any atom is 0.418 e. The molecule has 0 aromatic carbocycles. The second kappa shape index (κ2) is 7.58. The topological polar surface area (TPSA) is 53.7 Å². The van der Waals surface area contributed by atoms with Crippen molar-refractivity contribution < 1.29 is 13.2 Å². The number of hydrogen-bond acceptors (Lipinski definition) is 5. The number of imidazole rings is 1. The number of thioether (sulfide) groups is 1. The molecule has 2 aliphatic heterocycles. The number of aromatic nitrogens is 2. The van der Waals surface area contributed by atoms with Crippen LogP contribution in [0.1, 0.15) is 37.3 Å². The Morgan fingerprint density at radius 1 is 1.30 bits per heavy atom. The van der Waals surface area contributed by atoms with Gasteiger partial charge in [-0.25, -0.2) is 15.6 Å². The lowest BCUT2D eigenvalue weighted by Crippen LogP contribution is -2.49. The van der Waals surface area contributed by atoms with E-state index in [9.17, 15) is 18.0 Å². The highest BCUT2D eigenvalue weighted by Crippen LogP contribution is 2.47. The largest absolute Gasteiger partial charge is 0.418 e. The maximum atomic E-state index is 13.4. The minimum absolute atomic E-state index is 0.0691. The van der Waals surface area contributed by atoms with E-state index in [1.807, 2.05) is 11.8 Å². The Hall–Kier alpha value is -1.49. The number of fused-ring (bicyclic) bond motifs is 1. The van der Waals surface area contributed by atoms with E-state index in [1.54, 1.807) is 0 Å². The highest BCUT2D eigenvalue weighted by atomic mass is 32.2. The molecule has 2 saturated heterocycles. The smallest absolute Gasteiger partial charge is 0.294 e. The molecular formula is C20H26F3N5OS. The number of rotatable bonds is 4. The third kappa shape index (κ3) is 3.37. The molecule has 1 saturated carbocycles. The molecule has 1 aliphatic carbocycles. The van der Waals surface area contributed by atoms with Crippen LogP contribution in [0.3, 0.4) is 0 Å². The number of nitrogens with zero attached hydrogens (tertiary/aromatic N) is 3. The van der Waals surface area contributed by atoms with Crippen LogP contribution in [0.4, 0.5) is 13.2 Å². The van der Waals surface area contributed by atoms with Gasteiger partial charge in [-0.1, -0.05) is 19.3 Å². The van der Waals surface area contributed by atoms with Crippen LogP contribution in [0.15, 0.2) is 29.3 Å². The minimum Gasteiger partial charge on any atom is -0.294 e. The van der Waals surface area contributed by atoms with E-state index in [4.69, 9.17) is 0 Å². The molecule has 3 aliphatic rings. The first kappa shape index (κ1) is 20.4. The van der Waals surface area contributed by atoms with E-state index < -0.39 is 11.7 Å². The van der Waals surface area contributed by atoms with Crippen molar-refractivity contribution in [3.8, 4) is 0 Å². The van der Waals surface area contributed by atoms with Crippen LogP contribution in [0.25, 0.3) is 5.52 Å². The van der Waals surface area contributed by atoms with Crippen molar-refractivity contribution in [3.05, 3.63) is 40.6 Å². The van der Waals surface area contributed by atoms with Gasteiger partial charge in [0.15, 0.2) is 0 Å². The van der Waals surface area contributed by atoms with Crippen LogP contribution in [0.5, 0.6) is 0 Å². The van der Waals surface area contributed by atoms with Crippen molar-refractivity contribution in [2.75, 3.05) is 19.5 Å². The first-order chi connectivity index (χ1) is 14.3. The molecule has 2 aromatic rings. The Bertz CT molecular complexity index is 985. The molecular weight excluding hydrogens is 415 g/mol. The number of nitrogens with one attached hydrogen (secondary N) is 2. The Morgan fingerprint density at radius 2 is 2.10 bits per heavy atom. The maximum absolute atomic E-state index is 13.4. The van der Waals surface area contributed by atoms with Gasteiger partial charge in [0, 0.05) is 35.4 Å². The summed E-state index contributed by atoms with van der Waals surface area (Å²) in [5, 5.41) is 0.372. The van der Waals surface area contributed by atoms with Gasteiger partial charge in [0.2, 0.25) is 0 Å². The van der Waals surface area contributed by atoms with Crippen LogP contribution >= 0.6 is 11.8 Å². The quantitative estimate of drug-likeness (QED) is 0.764. The van der Waals surface area contributed by atoms with Gasteiger partial charge < -0.3 is 0 Å². The summed E-state index contributed by atoms with van der Waals surface area (Å²) in [5.74, 6) is 1.85. The summed E-state index contributed by atoms with van der Waals surface area (Å²) in [4.78, 5) is 15.2. The van der Waals surface area contributed by atoms with E-state index in [0.29, 0.717) is 17.1 Å². The average Bonchev–Trinajstić information content (AvgIpc) is 3.36. The molecule has 3 unspecified atom stereocenters. The summed E-state index contributed by atoms with van der Waals surface area (Å²) in [6.45, 7) is 0.791. The molecule has 5 rings (SSSR count). The third-order valence-electron chi connectivity index (χ3n) is 6.97. The van der Waals surface area contributed by atoms with Gasteiger partial charge in [0.05, 0.1) is 23.9 Å². The van der Waals surface area contributed by atoms with Crippen molar-refractivity contribution in [2.45, 2.75) is 49.3 Å². The highest BCUT2D eigenvalue weighted by molar-refractivity contribution is 8.00. The lowest BCUT2D eigenvalue weighted by molar-refractivity contribution is -0.136. The van der Waals surface area contributed by atoms with Crippen molar-refractivity contribution in [3.63, 3.8) is 0 Å². The molecule has 3 fully saturated rings. The predicted molar refractivity (Wildman–Crippen MR) is 110 cm³/mol.